The number of carboxylic acids is 1. The maximum Gasteiger partial charge on any atom is 0.310 e. The van der Waals surface area contributed by atoms with E-state index in [4.69, 9.17) is 9.84 Å². The van der Waals surface area contributed by atoms with Gasteiger partial charge in [-0.2, -0.15) is 5.21 Å². The lowest BCUT2D eigenvalue weighted by Gasteiger charge is -2.26. The average molecular weight is 601 g/mol. The summed E-state index contributed by atoms with van der Waals surface area (Å²) in [5.41, 5.74) is 0.751. The Morgan fingerprint density at radius 3 is 2.51 bits per heavy atom. The standard InChI is InChI=1S/C27H36N8O8/c1-3-16(2)25(30-21(36)9-10-23(38)39)27(42)29-14-22(37)35-15-18(43-24(40)11-17-7-5-4-6-8-17)12-19(35)26(41)28-13-20-31-33-34-32-20/h4-8,16,18-19,25H,3,9-15H2,1-2H3,(H,28,41)(H,29,42)(H,30,36)(H,38,39)(H,31,32,33,34)/t16-,18+,19-,25-/m0/s1. The maximum absolute atomic E-state index is 13.3. The fourth-order valence-electron chi connectivity index (χ4n) is 4.48. The highest BCUT2D eigenvalue weighted by Crippen LogP contribution is 2.22. The van der Waals surface area contributed by atoms with Crippen molar-refractivity contribution in [3.8, 4) is 0 Å². The Kier molecular flexibility index (Phi) is 12.1. The molecule has 2 heterocycles. The number of ether oxygens (including phenoxy) is 1. The van der Waals surface area contributed by atoms with Gasteiger partial charge >= 0.3 is 11.9 Å². The van der Waals surface area contributed by atoms with E-state index in [1.807, 2.05) is 13.0 Å². The van der Waals surface area contributed by atoms with E-state index in [1.54, 1.807) is 31.2 Å². The molecule has 43 heavy (non-hydrogen) atoms. The first-order valence-electron chi connectivity index (χ1n) is 13.9. The van der Waals surface area contributed by atoms with Crippen molar-refractivity contribution in [2.75, 3.05) is 13.1 Å². The zero-order chi connectivity index (χ0) is 31.4. The van der Waals surface area contributed by atoms with Crippen LogP contribution in [0.5, 0.6) is 0 Å². The number of benzene rings is 1. The number of aromatic nitrogens is 4. The van der Waals surface area contributed by atoms with E-state index >= 15 is 0 Å². The van der Waals surface area contributed by atoms with Gasteiger partial charge in [-0.25, -0.2) is 0 Å². The highest BCUT2D eigenvalue weighted by molar-refractivity contribution is 5.93. The van der Waals surface area contributed by atoms with Crippen LogP contribution in [-0.2, 0) is 46.5 Å². The number of carbonyl (C=O) groups excluding carboxylic acids is 5. The van der Waals surface area contributed by atoms with E-state index in [1.165, 1.54) is 4.90 Å². The number of carbonyl (C=O) groups is 6. The quantitative estimate of drug-likeness (QED) is 0.157. The van der Waals surface area contributed by atoms with Gasteiger partial charge in [0.25, 0.3) is 0 Å². The number of nitrogens with one attached hydrogen (secondary N) is 4. The Morgan fingerprint density at radius 1 is 1.12 bits per heavy atom. The van der Waals surface area contributed by atoms with Crippen LogP contribution in [0.4, 0.5) is 0 Å². The van der Waals surface area contributed by atoms with Crippen LogP contribution >= 0.6 is 0 Å². The normalized spacial score (nSPS) is 17.4. The molecule has 2 aromatic rings. The summed E-state index contributed by atoms with van der Waals surface area (Å²) in [7, 11) is 0. The van der Waals surface area contributed by atoms with Crippen molar-refractivity contribution in [3.05, 3.63) is 41.7 Å². The molecule has 0 aliphatic carbocycles. The lowest BCUT2D eigenvalue weighted by Crippen LogP contribution is -2.53. The predicted molar refractivity (Wildman–Crippen MR) is 147 cm³/mol. The third kappa shape index (κ3) is 10.2. The Labute approximate surface area is 247 Å². The maximum atomic E-state index is 13.3. The molecule has 1 aliphatic rings. The number of aliphatic carboxylic acids is 1. The van der Waals surface area contributed by atoms with Crippen LogP contribution in [0, 0.1) is 5.92 Å². The first kappa shape index (κ1) is 32.6. The smallest absolute Gasteiger partial charge is 0.310 e. The van der Waals surface area contributed by atoms with Gasteiger partial charge in [0, 0.05) is 12.8 Å². The third-order valence-electron chi connectivity index (χ3n) is 6.98. The number of likely N-dealkylation sites (tertiary alicyclic amines) is 1. The summed E-state index contributed by atoms with van der Waals surface area (Å²) in [6, 6.07) is 6.97. The van der Waals surface area contributed by atoms with Crippen molar-refractivity contribution in [1.82, 2.24) is 41.5 Å². The Bertz CT molecular complexity index is 1270. The molecule has 1 aromatic heterocycles. The van der Waals surface area contributed by atoms with Gasteiger partial charge in [0.1, 0.15) is 18.2 Å². The van der Waals surface area contributed by atoms with Gasteiger partial charge in [-0.3, -0.25) is 28.8 Å². The Hall–Kier alpha value is -4.89. The van der Waals surface area contributed by atoms with Crippen molar-refractivity contribution in [2.24, 2.45) is 5.92 Å². The first-order chi connectivity index (χ1) is 20.6. The largest absolute Gasteiger partial charge is 0.481 e. The number of amides is 4. The van der Waals surface area contributed by atoms with E-state index in [9.17, 15) is 28.8 Å². The predicted octanol–water partition coefficient (Wildman–Crippen LogP) is -0.917. The van der Waals surface area contributed by atoms with Crippen LogP contribution in [-0.4, -0.2) is 97.5 Å². The van der Waals surface area contributed by atoms with Gasteiger partial charge in [0.15, 0.2) is 5.82 Å². The molecule has 0 unspecified atom stereocenters. The Balaban J connectivity index is 1.64. The van der Waals surface area contributed by atoms with E-state index in [0.29, 0.717) is 6.42 Å². The minimum atomic E-state index is -1.14. The number of esters is 1. The van der Waals surface area contributed by atoms with Gasteiger partial charge in [-0.1, -0.05) is 55.8 Å². The van der Waals surface area contributed by atoms with E-state index in [2.05, 4.69) is 36.6 Å². The van der Waals surface area contributed by atoms with Crippen LogP contribution < -0.4 is 16.0 Å². The molecular weight excluding hydrogens is 564 g/mol. The third-order valence-corrected chi connectivity index (χ3v) is 6.98. The van der Waals surface area contributed by atoms with Crippen molar-refractivity contribution < 1.29 is 38.6 Å². The summed E-state index contributed by atoms with van der Waals surface area (Å²) in [4.78, 5) is 76.1. The number of hydrogen-bond donors (Lipinski definition) is 5. The topological polar surface area (TPSA) is 226 Å². The van der Waals surface area contributed by atoms with Crippen molar-refractivity contribution in [2.45, 2.75) is 70.7 Å². The molecule has 1 aromatic carbocycles. The zero-order valence-corrected chi connectivity index (χ0v) is 23.9. The van der Waals surface area contributed by atoms with Gasteiger partial charge in [-0.05, 0) is 11.5 Å². The highest BCUT2D eigenvalue weighted by Gasteiger charge is 2.41. The Morgan fingerprint density at radius 2 is 1.86 bits per heavy atom. The minimum absolute atomic E-state index is 0.0191. The van der Waals surface area contributed by atoms with E-state index < -0.39 is 60.3 Å². The molecule has 0 radical (unpaired) electrons. The van der Waals surface area contributed by atoms with E-state index in [0.717, 1.165) is 5.56 Å². The van der Waals surface area contributed by atoms with Gasteiger partial charge in [0.2, 0.25) is 23.6 Å². The number of H-pyrrole nitrogens is 1. The molecule has 3 rings (SSSR count). The lowest BCUT2D eigenvalue weighted by atomic mass is 9.98. The van der Waals surface area contributed by atoms with Crippen molar-refractivity contribution in [3.63, 3.8) is 0 Å². The van der Waals surface area contributed by atoms with Crippen LogP contribution in [0.2, 0.25) is 0 Å². The number of carboxylic acid groups (broad SMARTS) is 1. The summed E-state index contributed by atoms with van der Waals surface area (Å²) >= 11 is 0. The average Bonchev–Trinajstić information content (AvgIpc) is 3.66. The van der Waals surface area contributed by atoms with Crippen LogP contribution in [0.3, 0.4) is 0 Å². The zero-order valence-electron chi connectivity index (χ0n) is 23.9. The summed E-state index contributed by atoms with van der Waals surface area (Å²) < 4.78 is 5.59. The van der Waals surface area contributed by atoms with Gasteiger partial charge in [0.05, 0.1) is 32.5 Å². The van der Waals surface area contributed by atoms with Crippen LogP contribution in [0.1, 0.15) is 50.9 Å². The molecular formula is C27H36N8O8. The molecule has 1 aliphatic heterocycles. The van der Waals surface area contributed by atoms with Gasteiger partial charge in [-0.15, -0.1) is 10.2 Å². The molecule has 16 heteroatoms. The molecule has 1 saturated heterocycles. The summed E-state index contributed by atoms with van der Waals surface area (Å²) in [6.07, 6.45) is -0.873. The summed E-state index contributed by atoms with van der Waals surface area (Å²) in [5.74, 6) is -4.11. The summed E-state index contributed by atoms with van der Waals surface area (Å²) in [6.45, 7) is 2.94. The summed E-state index contributed by atoms with van der Waals surface area (Å²) in [5, 5.41) is 29.8. The highest BCUT2D eigenvalue weighted by atomic mass is 16.5. The lowest BCUT2D eigenvalue weighted by molar-refractivity contribution is -0.148. The van der Waals surface area contributed by atoms with Gasteiger partial charge < -0.3 is 30.7 Å². The molecule has 1 fully saturated rings. The molecule has 0 saturated carbocycles. The number of aromatic amines is 1. The molecule has 5 N–H and O–H groups in total. The van der Waals surface area contributed by atoms with Crippen LogP contribution in [0.15, 0.2) is 30.3 Å². The number of hydrogen-bond acceptors (Lipinski definition) is 10. The number of tetrazole rings is 1. The molecule has 232 valence electrons. The van der Waals surface area contributed by atoms with E-state index in [-0.39, 0.29) is 50.5 Å². The fraction of sp³-hybridized carbons (Fsp3) is 0.519. The molecule has 16 nitrogen and oxygen atoms in total. The van der Waals surface area contributed by atoms with Crippen molar-refractivity contribution in [1.29, 1.82) is 0 Å². The fourth-order valence-corrected chi connectivity index (χ4v) is 4.48. The van der Waals surface area contributed by atoms with Crippen molar-refractivity contribution >= 4 is 35.6 Å². The second-order valence-electron chi connectivity index (χ2n) is 10.2. The molecule has 4 atom stereocenters. The van der Waals surface area contributed by atoms with Crippen LogP contribution in [0.25, 0.3) is 0 Å². The molecule has 0 spiro atoms. The number of nitrogens with zero attached hydrogens (tertiary/aromatic N) is 4. The second-order valence-corrected chi connectivity index (χ2v) is 10.2. The first-order valence-corrected chi connectivity index (χ1v) is 13.9. The molecule has 4 amide bonds. The minimum Gasteiger partial charge on any atom is -0.481 e. The molecule has 0 bridgehead atoms. The SMILES string of the molecule is CC[C@H](C)[C@H](NC(=O)CCC(=O)O)C(=O)NCC(=O)N1C[C@H](OC(=O)Cc2ccccc2)C[C@H]1C(=O)NCc1nn[nH]n1. The number of rotatable bonds is 15. The second kappa shape index (κ2) is 15.9. The monoisotopic (exact) mass is 600 g/mol.